The summed E-state index contributed by atoms with van der Waals surface area (Å²) in [6.07, 6.45) is 36.9. The first kappa shape index (κ1) is 45.7. The van der Waals surface area contributed by atoms with Gasteiger partial charge in [0.1, 0.15) is 6.61 Å². The van der Waals surface area contributed by atoms with Crippen molar-refractivity contribution in [3.05, 3.63) is 60.8 Å². The van der Waals surface area contributed by atoms with Gasteiger partial charge in [-0.1, -0.05) is 145 Å². The SMILES string of the molecule is CC/C=C\C/C=C\CC(O)/C=C/C=C\C/C=C\CCCC(=O)OC[C@H](COP(=O)(O)O)OC(=O)CCCCCCCCCCCCCC. The van der Waals surface area contributed by atoms with E-state index in [-0.39, 0.29) is 19.4 Å². The summed E-state index contributed by atoms with van der Waals surface area (Å²) in [4.78, 5) is 42.6. The van der Waals surface area contributed by atoms with Gasteiger partial charge in [-0.3, -0.25) is 14.1 Å². The van der Waals surface area contributed by atoms with E-state index in [4.69, 9.17) is 19.3 Å². The summed E-state index contributed by atoms with van der Waals surface area (Å²) in [5.41, 5.74) is 0. The number of esters is 2. The molecule has 0 aromatic rings. The first-order chi connectivity index (χ1) is 23.2. The second kappa shape index (κ2) is 33.2. The van der Waals surface area contributed by atoms with Gasteiger partial charge in [0.2, 0.25) is 0 Å². The fraction of sp³-hybridized carbons (Fsp3) is 0.684. The highest BCUT2D eigenvalue weighted by Crippen LogP contribution is 2.36. The Bertz CT molecular complexity index is 981. The highest BCUT2D eigenvalue weighted by Gasteiger charge is 2.22. The van der Waals surface area contributed by atoms with E-state index in [1.807, 2.05) is 42.5 Å². The van der Waals surface area contributed by atoms with Crippen molar-refractivity contribution in [3.8, 4) is 0 Å². The van der Waals surface area contributed by atoms with Gasteiger partial charge >= 0.3 is 19.8 Å². The molecule has 0 aliphatic carbocycles. The number of carbonyl (C=O) groups excluding carboxylic acids is 2. The van der Waals surface area contributed by atoms with Crippen molar-refractivity contribution < 1.29 is 43.0 Å². The summed E-state index contributed by atoms with van der Waals surface area (Å²) in [5, 5.41) is 9.95. The van der Waals surface area contributed by atoms with E-state index in [9.17, 15) is 19.3 Å². The summed E-state index contributed by atoms with van der Waals surface area (Å²) in [6, 6.07) is 0. The monoisotopic (exact) mass is 696 g/mol. The highest BCUT2D eigenvalue weighted by molar-refractivity contribution is 7.46. The van der Waals surface area contributed by atoms with Gasteiger partial charge in [0.25, 0.3) is 0 Å². The third-order valence-corrected chi connectivity index (χ3v) is 7.87. The molecule has 0 aromatic heterocycles. The Balaban J connectivity index is 4.17. The van der Waals surface area contributed by atoms with E-state index >= 15 is 0 Å². The van der Waals surface area contributed by atoms with Gasteiger partial charge in [-0.2, -0.15) is 0 Å². The van der Waals surface area contributed by atoms with Gasteiger partial charge in [0.15, 0.2) is 6.10 Å². The molecule has 0 aliphatic rings. The second-order valence-corrected chi connectivity index (χ2v) is 13.3. The lowest BCUT2D eigenvalue weighted by Gasteiger charge is -2.18. The number of rotatable bonds is 32. The molecule has 0 saturated carbocycles. The molecule has 0 fully saturated rings. The van der Waals surface area contributed by atoms with Gasteiger partial charge in [0, 0.05) is 12.8 Å². The number of carbonyl (C=O) groups is 2. The lowest BCUT2D eigenvalue weighted by molar-refractivity contribution is -0.161. The predicted octanol–water partition coefficient (Wildman–Crippen LogP) is 9.53. The Hall–Kier alpha value is -2.29. The molecule has 0 radical (unpaired) electrons. The average Bonchev–Trinajstić information content (AvgIpc) is 3.04. The predicted molar refractivity (Wildman–Crippen MR) is 194 cm³/mol. The van der Waals surface area contributed by atoms with Crippen LogP contribution < -0.4 is 0 Å². The van der Waals surface area contributed by atoms with Crippen molar-refractivity contribution in [1.29, 1.82) is 0 Å². The van der Waals surface area contributed by atoms with E-state index in [0.29, 0.717) is 25.7 Å². The maximum atomic E-state index is 12.3. The van der Waals surface area contributed by atoms with Crippen LogP contribution in [0.1, 0.15) is 142 Å². The van der Waals surface area contributed by atoms with E-state index in [1.54, 1.807) is 6.08 Å². The van der Waals surface area contributed by atoms with Crippen LogP contribution >= 0.6 is 7.82 Å². The van der Waals surface area contributed by atoms with E-state index < -0.39 is 38.6 Å². The van der Waals surface area contributed by atoms with Crippen LogP contribution in [-0.2, 0) is 28.2 Å². The van der Waals surface area contributed by atoms with Gasteiger partial charge < -0.3 is 24.4 Å². The summed E-state index contributed by atoms with van der Waals surface area (Å²) in [6.45, 7) is 3.42. The second-order valence-electron chi connectivity index (χ2n) is 12.0. The number of allylic oxidation sites excluding steroid dienone is 8. The molecule has 0 aromatic carbocycles. The number of aliphatic hydroxyl groups excluding tert-OH is 1. The van der Waals surface area contributed by atoms with Crippen molar-refractivity contribution in [3.63, 3.8) is 0 Å². The summed E-state index contributed by atoms with van der Waals surface area (Å²) in [5.74, 6) is -0.996. The van der Waals surface area contributed by atoms with Crippen molar-refractivity contribution in [1.82, 2.24) is 0 Å². The molecule has 0 spiro atoms. The lowest BCUT2D eigenvalue weighted by Crippen LogP contribution is -2.29. The van der Waals surface area contributed by atoms with Crippen LogP contribution in [0.4, 0.5) is 0 Å². The molecule has 0 amide bonds. The number of phosphoric acid groups is 1. The minimum atomic E-state index is -4.77. The third-order valence-electron chi connectivity index (χ3n) is 7.38. The summed E-state index contributed by atoms with van der Waals surface area (Å²) >= 11 is 0. The first-order valence-corrected chi connectivity index (χ1v) is 19.7. The molecule has 3 N–H and O–H groups in total. The standard InChI is InChI=1S/C38H65O9P/c1-3-5-7-9-11-12-13-14-15-20-24-28-32-38(41)47-36(34-46-48(42,43)44)33-45-37(40)31-27-23-19-17-16-18-22-26-30-35(39)29-25-21-10-8-6-4-2/h6,8,17-19,21-22,25-26,30,35-36,39H,3-5,7,9-16,20,23-24,27-29,31-34H2,1-2H3,(H2,42,43,44)/b8-6-,19-17-,22-18-,25-21-,30-26+/t35?,36-/m1/s1. The molecule has 0 bridgehead atoms. The van der Waals surface area contributed by atoms with Crippen LogP contribution in [0.3, 0.4) is 0 Å². The van der Waals surface area contributed by atoms with E-state index in [0.717, 1.165) is 38.5 Å². The molecule has 48 heavy (non-hydrogen) atoms. The molecule has 276 valence electrons. The number of aliphatic hydroxyl groups is 1. The van der Waals surface area contributed by atoms with Gasteiger partial charge in [-0.05, 0) is 44.9 Å². The van der Waals surface area contributed by atoms with Crippen LogP contribution in [-0.4, -0.2) is 52.3 Å². The van der Waals surface area contributed by atoms with E-state index in [2.05, 4.69) is 30.5 Å². The fourth-order valence-electron chi connectivity index (χ4n) is 4.67. The van der Waals surface area contributed by atoms with Crippen LogP contribution in [0.25, 0.3) is 0 Å². The molecule has 0 saturated heterocycles. The number of ether oxygens (including phenoxy) is 2. The Morgan fingerprint density at radius 2 is 1.25 bits per heavy atom. The molecule has 0 rings (SSSR count). The zero-order chi connectivity index (χ0) is 35.6. The number of phosphoric ester groups is 1. The Kier molecular flexibility index (Phi) is 31.6. The minimum absolute atomic E-state index is 0.156. The smallest absolute Gasteiger partial charge is 0.462 e. The molecule has 0 heterocycles. The Labute approximate surface area is 290 Å². The van der Waals surface area contributed by atoms with Crippen molar-refractivity contribution in [2.24, 2.45) is 0 Å². The molecule has 10 heteroatoms. The van der Waals surface area contributed by atoms with Crippen molar-refractivity contribution >= 4 is 19.8 Å². The lowest BCUT2D eigenvalue weighted by atomic mass is 10.0. The van der Waals surface area contributed by atoms with E-state index in [1.165, 1.54) is 51.4 Å². The average molecular weight is 697 g/mol. The van der Waals surface area contributed by atoms with Crippen LogP contribution in [0, 0.1) is 0 Å². The quantitative estimate of drug-likeness (QED) is 0.0206. The third kappa shape index (κ3) is 35.0. The largest absolute Gasteiger partial charge is 0.469 e. The summed E-state index contributed by atoms with van der Waals surface area (Å²) < 4.78 is 26.2. The fourth-order valence-corrected chi connectivity index (χ4v) is 5.03. The molecular weight excluding hydrogens is 631 g/mol. The van der Waals surface area contributed by atoms with Crippen molar-refractivity contribution in [2.45, 2.75) is 154 Å². The molecule has 9 nitrogen and oxygen atoms in total. The zero-order valence-electron chi connectivity index (χ0n) is 29.7. The number of hydrogen-bond donors (Lipinski definition) is 3. The normalized spacial score (nSPS) is 13.9. The number of hydrogen-bond acceptors (Lipinski definition) is 7. The Morgan fingerprint density at radius 3 is 1.90 bits per heavy atom. The van der Waals surface area contributed by atoms with Gasteiger partial charge in [-0.15, -0.1) is 0 Å². The molecular formula is C38H65O9P. The van der Waals surface area contributed by atoms with Crippen LogP contribution in [0.2, 0.25) is 0 Å². The molecule has 1 unspecified atom stereocenters. The van der Waals surface area contributed by atoms with Crippen LogP contribution in [0.15, 0.2) is 60.8 Å². The molecule has 0 aliphatic heterocycles. The van der Waals surface area contributed by atoms with Crippen LogP contribution in [0.5, 0.6) is 0 Å². The topological polar surface area (TPSA) is 140 Å². The Morgan fingerprint density at radius 1 is 0.667 bits per heavy atom. The summed E-state index contributed by atoms with van der Waals surface area (Å²) in [7, 11) is -4.77. The van der Waals surface area contributed by atoms with Gasteiger partial charge in [-0.25, -0.2) is 4.57 Å². The minimum Gasteiger partial charge on any atom is -0.462 e. The van der Waals surface area contributed by atoms with Gasteiger partial charge in [0.05, 0.1) is 12.7 Å². The number of unbranched alkanes of at least 4 members (excludes halogenated alkanes) is 12. The zero-order valence-corrected chi connectivity index (χ0v) is 30.6. The maximum absolute atomic E-state index is 12.3. The maximum Gasteiger partial charge on any atom is 0.469 e. The first-order valence-electron chi connectivity index (χ1n) is 18.2. The molecule has 2 atom stereocenters. The van der Waals surface area contributed by atoms with Crippen molar-refractivity contribution in [2.75, 3.05) is 13.2 Å². The highest BCUT2D eigenvalue weighted by atomic mass is 31.2.